The van der Waals surface area contributed by atoms with Gasteiger partial charge in [0.2, 0.25) is 0 Å². The number of para-hydroxylation sites is 1. The van der Waals surface area contributed by atoms with Crippen LogP contribution in [0.5, 0.6) is 5.75 Å². The Morgan fingerprint density at radius 3 is 2.75 bits per heavy atom. The molecule has 0 aliphatic rings. The molecule has 0 radical (unpaired) electrons. The molecule has 1 aromatic heterocycles. The number of nitrogens with zero attached hydrogens (tertiary/aromatic N) is 1. The van der Waals surface area contributed by atoms with Gasteiger partial charge in [-0.3, -0.25) is 4.57 Å². The van der Waals surface area contributed by atoms with E-state index in [4.69, 9.17) is 17.0 Å². The molecule has 5 heteroatoms. The molecule has 0 aliphatic heterocycles. The summed E-state index contributed by atoms with van der Waals surface area (Å²) in [6.45, 7) is 0. The second kappa shape index (κ2) is 5.34. The Labute approximate surface area is 126 Å². The highest BCUT2D eigenvalue weighted by Crippen LogP contribution is 2.28. The van der Waals surface area contributed by atoms with Crippen LogP contribution in [0.25, 0.3) is 16.7 Å². The van der Waals surface area contributed by atoms with Gasteiger partial charge in [-0.25, -0.2) is 0 Å². The summed E-state index contributed by atoms with van der Waals surface area (Å²) in [5, 5.41) is 0. The first-order valence-corrected chi connectivity index (χ1v) is 7.80. The Bertz CT molecular complexity index is 820. The minimum atomic E-state index is 0.690. The zero-order valence-electron chi connectivity index (χ0n) is 11.2. The molecule has 0 saturated carbocycles. The number of hydrogen-bond donors (Lipinski definition) is 1. The Hall–Kier alpha value is -1.72. The number of fused-ring (bicyclic) bond motifs is 1. The second-order valence-electron chi connectivity index (χ2n) is 4.32. The van der Waals surface area contributed by atoms with Gasteiger partial charge in [0.05, 0.1) is 23.8 Å². The number of methoxy groups -OCH3 is 1. The fourth-order valence-corrected chi connectivity index (χ4v) is 3.16. The van der Waals surface area contributed by atoms with Crippen molar-refractivity contribution in [3.05, 3.63) is 47.2 Å². The number of thioether (sulfide) groups is 1. The highest BCUT2D eigenvalue weighted by Gasteiger charge is 2.10. The largest absolute Gasteiger partial charge is 0.497 e. The van der Waals surface area contributed by atoms with Crippen LogP contribution in [-0.2, 0) is 0 Å². The van der Waals surface area contributed by atoms with Gasteiger partial charge in [-0.15, -0.1) is 11.8 Å². The van der Waals surface area contributed by atoms with E-state index in [1.54, 1.807) is 18.9 Å². The van der Waals surface area contributed by atoms with E-state index in [9.17, 15) is 0 Å². The van der Waals surface area contributed by atoms with E-state index in [-0.39, 0.29) is 0 Å². The predicted molar refractivity (Wildman–Crippen MR) is 86.8 cm³/mol. The molecule has 3 rings (SSSR count). The fourth-order valence-electron chi connectivity index (χ4n) is 2.27. The number of aromatic amines is 1. The summed E-state index contributed by atoms with van der Waals surface area (Å²) in [5.41, 5.74) is 3.13. The zero-order chi connectivity index (χ0) is 14.1. The summed E-state index contributed by atoms with van der Waals surface area (Å²) in [5.74, 6) is 0.819. The molecule has 0 amide bonds. The molecule has 2 aromatic carbocycles. The number of hydrogen-bond acceptors (Lipinski definition) is 3. The van der Waals surface area contributed by atoms with E-state index in [2.05, 4.69) is 27.9 Å². The maximum absolute atomic E-state index is 5.48. The number of ether oxygens (including phenoxy) is 1. The molecule has 0 spiro atoms. The van der Waals surface area contributed by atoms with Crippen LogP contribution in [0.15, 0.2) is 47.4 Å². The van der Waals surface area contributed by atoms with E-state index in [0.717, 1.165) is 22.5 Å². The van der Waals surface area contributed by atoms with Crippen molar-refractivity contribution in [3.63, 3.8) is 0 Å². The van der Waals surface area contributed by atoms with Gasteiger partial charge in [-0.1, -0.05) is 12.1 Å². The van der Waals surface area contributed by atoms with Crippen molar-refractivity contribution in [1.29, 1.82) is 0 Å². The smallest absolute Gasteiger partial charge is 0.182 e. The monoisotopic (exact) mass is 302 g/mol. The molecule has 3 aromatic rings. The predicted octanol–water partition coefficient (Wildman–Crippen LogP) is 4.42. The van der Waals surface area contributed by atoms with Gasteiger partial charge in [0.1, 0.15) is 5.75 Å². The summed E-state index contributed by atoms with van der Waals surface area (Å²) in [6, 6.07) is 14.2. The van der Waals surface area contributed by atoms with Crippen molar-refractivity contribution in [1.82, 2.24) is 9.55 Å². The lowest BCUT2D eigenvalue weighted by Crippen LogP contribution is -1.96. The molecule has 0 bridgehead atoms. The van der Waals surface area contributed by atoms with Crippen molar-refractivity contribution in [2.75, 3.05) is 13.4 Å². The fraction of sp³-hybridized carbons (Fsp3) is 0.133. The second-order valence-corrected chi connectivity index (χ2v) is 5.56. The first-order valence-electron chi connectivity index (χ1n) is 6.17. The van der Waals surface area contributed by atoms with Crippen molar-refractivity contribution in [3.8, 4) is 11.4 Å². The van der Waals surface area contributed by atoms with E-state index in [1.165, 1.54) is 4.90 Å². The van der Waals surface area contributed by atoms with Gasteiger partial charge in [0.25, 0.3) is 0 Å². The van der Waals surface area contributed by atoms with Gasteiger partial charge in [-0.05, 0) is 42.7 Å². The van der Waals surface area contributed by atoms with Crippen molar-refractivity contribution < 1.29 is 4.74 Å². The highest BCUT2D eigenvalue weighted by atomic mass is 32.2. The van der Waals surface area contributed by atoms with Crippen LogP contribution in [0.3, 0.4) is 0 Å². The summed E-state index contributed by atoms with van der Waals surface area (Å²) in [6.07, 6.45) is 2.07. The Morgan fingerprint density at radius 1 is 1.20 bits per heavy atom. The highest BCUT2D eigenvalue weighted by molar-refractivity contribution is 7.98. The van der Waals surface area contributed by atoms with Crippen LogP contribution in [0.1, 0.15) is 0 Å². The van der Waals surface area contributed by atoms with Crippen molar-refractivity contribution in [2.24, 2.45) is 0 Å². The van der Waals surface area contributed by atoms with E-state index in [0.29, 0.717) is 4.77 Å². The van der Waals surface area contributed by atoms with E-state index in [1.807, 2.05) is 30.3 Å². The summed E-state index contributed by atoms with van der Waals surface area (Å²) in [7, 11) is 1.66. The lowest BCUT2D eigenvalue weighted by Gasteiger charge is -2.09. The SMILES string of the molecule is COc1ccc2c(c1)[nH]c(=S)n2-c1ccccc1SC. The van der Waals surface area contributed by atoms with E-state index >= 15 is 0 Å². The molecule has 0 fully saturated rings. The average molecular weight is 302 g/mol. The molecular weight excluding hydrogens is 288 g/mol. The number of H-pyrrole nitrogens is 1. The zero-order valence-corrected chi connectivity index (χ0v) is 12.8. The molecule has 0 atom stereocenters. The molecule has 0 aliphatic carbocycles. The van der Waals surface area contributed by atoms with Crippen LogP contribution < -0.4 is 4.74 Å². The van der Waals surface area contributed by atoms with Gasteiger partial charge < -0.3 is 9.72 Å². The number of rotatable bonds is 3. The molecule has 0 unspecified atom stereocenters. The first-order chi connectivity index (χ1) is 9.74. The molecule has 102 valence electrons. The van der Waals surface area contributed by atoms with Gasteiger partial charge in [-0.2, -0.15) is 0 Å². The minimum Gasteiger partial charge on any atom is -0.497 e. The van der Waals surface area contributed by atoms with E-state index < -0.39 is 0 Å². The van der Waals surface area contributed by atoms with Gasteiger partial charge in [0, 0.05) is 11.0 Å². The molecule has 0 saturated heterocycles. The quantitative estimate of drug-likeness (QED) is 0.574. The molecular formula is C15H14N2OS2. The maximum Gasteiger partial charge on any atom is 0.182 e. The lowest BCUT2D eigenvalue weighted by atomic mass is 10.2. The van der Waals surface area contributed by atoms with Crippen molar-refractivity contribution in [2.45, 2.75) is 4.90 Å². The molecule has 3 nitrogen and oxygen atoms in total. The topological polar surface area (TPSA) is 29.9 Å². The standard InChI is InChI=1S/C15H14N2OS2/c1-18-10-7-8-12-11(9-10)16-15(19)17(12)13-5-3-4-6-14(13)20-2/h3-9H,1-2H3,(H,16,19). The van der Waals surface area contributed by atoms with Crippen molar-refractivity contribution >= 4 is 35.0 Å². The molecule has 1 N–H and O–H groups in total. The number of aromatic nitrogens is 2. The van der Waals surface area contributed by atoms with Crippen LogP contribution in [0, 0.1) is 4.77 Å². The third-order valence-electron chi connectivity index (χ3n) is 3.22. The maximum atomic E-state index is 5.48. The summed E-state index contributed by atoms with van der Waals surface area (Å²) in [4.78, 5) is 4.43. The number of imidazole rings is 1. The normalized spacial score (nSPS) is 10.9. The number of benzene rings is 2. The average Bonchev–Trinajstić information content (AvgIpc) is 2.81. The van der Waals surface area contributed by atoms with Crippen LogP contribution in [0.2, 0.25) is 0 Å². The number of nitrogens with one attached hydrogen (secondary N) is 1. The van der Waals surface area contributed by atoms with Crippen LogP contribution in [-0.4, -0.2) is 22.9 Å². The Balaban J connectivity index is 2.31. The Morgan fingerprint density at radius 2 is 2.00 bits per heavy atom. The third kappa shape index (κ3) is 2.13. The Kier molecular flexibility index (Phi) is 3.54. The minimum absolute atomic E-state index is 0.690. The summed E-state index contributed by atoms with van der Waals surface area (Å²) < 4.78 is 8.01. The molecule has 1 heterocycles. The lowest BCUT2D eigenvalue weighted by molar-refractivity contribution is 0.415. The van der Waals surface area contributed by atoms with Gasteiger partial charge in [0.15, 0.2) is 4.77 Å². The van der Waals surface area contributed by atoms with Gasteiger partial charge >= 0.3 is 0 Å². The third-order valence-corrected chi connectivity index (χ3v) is 4.29. The van der Waals surface area contributed by atoms with Crippen LogP contribution >= 0.6 is 24.0 Å². The summed E-state index contributed by atoms with van der Waals surface area (Å²) >= 11 is 7.19. The van der Waals surface area contributed by atoms with Crippen LogP contribution in [0.4, 0.5) is 0 Å². The molecule has 20 heavy (non-hydrogen) atoms. The first kappa shape index (κ1) is 13.3.